The second kappa shape index (κ2) is 1.62. The van der Waals surface area contributed by atoms with Crippen LogP contribution < -0.4 is 5.73 Å². The summed E-state index contributed by atoms with van der Waals surface area (Å²) in [6, 6.07) is 0. The van der Waals surface area contributed by atoms with Crippen LogP contribution in [0.4, 0.5) is 0 Å². The maximum absolute atomic E-state index is 10.3. The summed E-state index contributed by atoms with van der Waals surface area (Å²) >= 11 is 0. The molecule has 1 amide bonds. The van der Waals surface area contributed by atoms with Gasteiger partial charge in [-0.05, 0) is 12.3 Å². The zero-order valence-corrected chi connectivity index (χ0v) is 4.85. The van der Waals surface area contributed by atoms with E-state index >= 15 is 0 Å². The second-order valence-electron chi connectivity index (χ2n) is 2.16. The number of allylic oxidation sites excluding steroid dienone is 1. The predicted molar refractivity (Wildman–Crippen MR) is 31.1 cm³/mol. The first-order valence-electron chi connectivity index (χ1n) is 2.71. The molecule has 8 heavy (non-hydrogen) atoms. The maximum atomic E-state index is 10.3. The minimum Gasteiger partial charge on any atom is -0.366 e. The Morgan fingerprint density at radius 3 is 2.62 bits per heavy atom. The molecule has 44 valence electrons. The SMILES string of the molecule is CC1CC=C1C(N)=O. The molecule has 1 atom stereocenters. The van der Waals surface area contributed by atoms with Crippen LogP contribution in [0.25, 0.3) is 0 Å². The highest BCUT2D eigenvalue weighted by molar-refractivity contribution is 5.93. The maximum Gasteiger partial charge on any atom is 0.244 e. The highest BCUT2D eigenvalue weighted by Crippen LogP contribution is 2.24. The standard InChI is InChI=1S/C6H9NO/c1-4-2-3-5(4)6(7)8/h3-4H,2H2,1H3,(H2,7,8). The van der Waals surface area contributed by atoms with E-state index in [1.165, 1.54) is 0 Å². The molecule has 0 fully saturated rings. The third kappa shape index (κ3) is 0.619. The first-order chi connectivity index (χ1) is 3.72. The highest BCUT2D eigenvalue weighted by Gasteiger charge is 2.19. The van der Waals surface area contributed by atoms with Crippen molar-refractivity contribution in [1.29, 1.82) is 0 Å². The Morgan fingerprint density at radius 1 is 2.00 bits per heavy atom. The molecule has 0 radical (unpaired) electrons. The van der Waals surface area contributed by atoms with Gasteiger partial charge in [0.2, 0.25) is 5.91 Å². The van der Waals surface area contributed by atoms with Gasteiger partial charge >= 0.3 is 0 Å². The minimum atomic E-state index is -0.260. The Balaban J connectivity index is 2.62. The molecular formula is C6H9NO. The van der Waals surface area contributed by atoms with Crippen LogP contribution in [0.1, 0.15) is 13.3 Å². The second-order valence-corrected chi connectivity index (χ2v) is 2.16. The molecule has 0 aromatic carbocycles. The Bertz CT molecular complexity index is 149. The molecule has 0 saturated carbocycles. The third-order valence-corrected chi connectivity index (χ3v) is 1.51. The monoisotopic (exact) mass is 111 g/mol. The fraction of sp³-hybridized carbons (Fsp3) is 0.500. The van der Waals surface area contributed by atoms with Crippen molar-refractivity contribution in [3.05, 3.63) is 11.6 Å². The van der Waals surface area contributed by atoms with E-state index < -0.39 is 0 Å². The highest BCUT2D eigenvalue weighted by atomic mass is 16.1. The largest absolute Gasteiger partial charge is 0.366 e. The quantitative estimate of drug-likeness (QED) is 0.524. The van der Waals surface area contributed by atoms with Crippen molar-refractivity contribution >= 4 is 5.91 Å². The molecule has 0 aliphatic heterocycles. The van der Waals surface area contributed by atoms with Crippen molar-refractivity contribution in [1.82, 2.24) is 0 Å². The fourth-order valence-electron chi connectivity index (χ4n) is 0.815. The molecule has 0 aromatic heterocycles. The molecule has 0 aromatic rings. The van der Waals surface area contributed by atoms with Gasteiger partial charge in [0.1, 0.15) is 0 Å². The van der Waals surface area contributed by atoms with Crippen LogP contribution in [0.2, 0.25) is 0 Å². The molecule has 2 heteroatoms. The number of carbonyl (C=O) groups is 1. The zero-order valence-electron chi connectivity index (χ0n) is 4.85. The van der Waals surface area contributed by atoms with E-state index in [1.54, 1.807) is 0 Å². The number of nitrogens with two attached hydrogens (primary N) is 1. The van der Waals surface area contributed by atoms with Crippen LogP contribution >= 0.6 is 0 Å². The van der Waals surface area contributed by atoms with Crippen molar-refractivity contribution < 1.29 is 4.79 Å². The molecule has 0 bridgehead atoms. The van der Waals surface area contributed by atoms with Gasteiger partial charge in [0, 0.05) is 5.57 Å². The van der Waals surface area contributed by atoms with Gasteiger partial charge < -0.3 is 5.73 Å². The van der Waals surface area contributed by atoms with Crippen LogP contribution in [-0.2, 0) is 4.79 Å². The summed E-state index contributed by atoms with van der Waals surface area (Å²) in [7, 11) is 0. The number of hydrogen-bond donors (Lipinski definition) is 1. The van der Waals surface area contributed by atoms with E-state index in [4.69, 9.17) is 5.73 Å². The third-order valence-electron chi connectivity index (χ3n) is 1.51. The molecule has 0 heterocycles. The number of hydrogen-bond acceptors (Lipinski definition) is 1. The van der Waals surface area contributed by atoms with Crippen molar-refractivity contribution in [3.63, 3.8) is 0 Å². The van der Waals surface area contributed by atoms with Gasteiger partial charge in [-0.15, -0.1) is 0 Å². The molecule has 0 saturated heterocycles. The summed E-state index contributed by atoms with van der Waals surface area (Å²) in [5, 5.41) is 0. The summed E-state index contributed by atoms with van der Waals surface area (Å²) in [5.41, 5.74) is 5.78. The van der Waals surface area contributed by atoms with Crippen LogP contribution in [0.5, 0.6) is 0 Å². The van der Waals surface area contributed by atoms with Gasteiger partial charge in [0.15, 0.2) is 0 Å². The smallest absolute Gasteiger partial charge is 0.244 e. The van der Waals surface area contributed by atoms with E-state index in [9.17, 15) is 4.79 Å². The topological polar surface area (TPSA) is 43.1 Å². The summed E-state index contributed by atoms with van der Waals surface area (Å²) in [6.45, 7) is 2.00. The molecular weight excluding hydrogens is 102 g/mol. The number of amides is 1. The first kappa shape index (κ1) is 5.35. The lowest BCUT2D eigenvalue weighted by Gasteiger charge is -2.19. The normalized spacial score (nSPS) is 26.1. The average molecular weight is 111 g/mol. The molecule has 2 N–H and O–H groups in total. The van der Waals surface area contributed by atoms with E-state index in [0.29, 0.717) is 5.92 Å². The Hall–Kier alpha value is -0.790. The summed E-state index contributed by atoms with van der Waals surface area (Å²) in [5.74, 6) is 0.149. The van der Waals surface area contributed by atoms with Gasteiger partial charge in [-0.1, -0.05) is 13.0 Å². The average Bonchev–Trinajstić information content (AvgIpc) is 1.61. The lowest BCUT2D eigenvalue weighted by Crippen LogP contribution is -2.23. The van der Waals surface area contributed by atoms with Gasteiger partial charge in [0.05, 0.1) is 0 Å². The van der Waals surface area contributed by atoms with E-state index in [1.807, 2.05) is 13.0 Å². The van der Waals surface area contributed by atoms with Gasteiger partial charge in [-0.2, -0.15) is 0 Å². The summed E-state index contributed by atoms with van der Waals surface area (Å²) in [4.78, 5) is 10.3. The lowest BCUT2D eigenvalue weighted by molar-refractivity contribution is -0.115. The molecule has 1 aliphatic rings. The number of rotatable bonds is 1. The van der Waals surface area contributed by atoms with Gasteiger partial charge in [0.25, 0.3) is 0 Å². The van der Waals surface area contributed by atoms with Crippen molar-refractivity contribution in [2.45, 2.75) is 13.3 Å². The fourth-order valence-corrected chi connectivity index (χ4v) is 0.815. The molecule has 1 unspecified atom stereocenters. The first-order valence-corrected chi connectivity index (χ1v) is 2.71. The summed E-state index contributed by atoms with van der Waals surface area (Å²) < 4.78 is 0. The molecule has 0 spiro atoms. The van der Waals surface area contributed by atoms with Crippen LogP contribution in [0.15, 0.2) is 11.6 Å². The summed E-state index contributed by atoms with van der Waals surface area (Å²) in [6.07, 6.45) is 2.89. The van der Waals surface area contributed by atoms with Crippen molar-refractivity contribution in [3.8, 4) is 0 Å². The van der Waals surface area contributed by atoms with Gasteiger partial charge in [-0.25, -0.2) is 0 Å². The van der Waals surface area contributed by atoms with Gasteiger partial charge in [-0.3, -0.25) is 4.79 Å². The van der Waals surface area contributed by atoms with Crippen LogP contribution in [0, 0.1) is 5.92 Å². The van der Waals surface area contributed by atoms with Crippen LogP contribution in [0.3, 0.4) is 0 Å². The van der Waals surface area contributed by atoms with E-state index in [0.717, 1.165) is 12.0 Å². The number of carbonyl (C=O) groups excluding carboxylic acids is 1. The Labute approximate surface area is 48.4 Å². The lowest BCUT2D eigenvalue weighted by atomic mass is 9.86. The van der Waals surface area contributed by atoms with Crippen molar-refractivity contribution in [2.24, 2.45) is 11.7 Å². The Morgan fingerprint density at radius 2 is 2.62 bits per heavy atom. The zero-order chi connectivity index (χ0) is 6.15. The Kier molecular flexibility index (Phi) is 1.08. The van der Waals surface area contributed by atoms with E-state index in [-0.39, 0.29) is 5.91 Å². The van der Waals surface area contributed by atoms with E-state index in [2.05, 4.69) is 0 Å². The molecule has 1 aliphatic carbocycles. The van der Waals surface area contributed by atoms with Crippen molar-refractivity contribution in [2.75, 3.05) is 0 Å². The molecule has 1 rings (SSSR count). The van der Waals surface area contributed by atoms with Crippen LogP contribution in [-0.4, -0.2) is 5.91 Å². The predicted octanol–water partition coefficient (Wildman–Crippen LogP) is 0.438. The number of primary amides is 1. The minimum absolute atomic E-state index is 0.260. The molecule has 2 nitrogen and oxygen atoms in total.